The molecule has 0 amide bonds. The Morgan fingerprint density at radius 2 is 2.10 bits per heavy atom. The highest BCUT2D eigenvalue weighted by atomic mass is 16.7. The molecule has 1 rings (SSSR count). The van der Waals surface area contributed by atoms with Crippen LogP contribution in [0, 0.1) is 5.92 Å². The molecular weight excluding hydrogens is 128 g/mol. The van der Waals surface area contributed by atoms with Crippen molar-refractivity contribution in [3.05, 3.63) is 12.2 Å². The van der Waals surface area contributed by atoms with Crippen molar-refractivity contribution in [3.63, 3.8) is 0 Å². The van der Waals surface area contributed by atoms with E-state index in [1.54, 1.807) is 14.2 Å². The summed E-state index contributed by atoms with van der Waals surface area (Å²) in [5.41, 5.74) is 0. The standard InChI is InChI=1S/C8H14O2/c1-9-8(10-2)7-5-3-4-6-7/h3,5,7-8H,4,6H2,1-2H3. The van der Waals surface area contributed by atoms with E-state index in [0.29, 0.717) is 5.92 Å². The van der Waals surface area contributed by atoms with E-state index in [0.717, 1.165) is 12.8 Å². The third-order valence-electron chi connectivity index (χ3n) is 1.86. The lowest BCUT2D eigenvalue weighted by Gasteiger charge is -2.18. The van der Waals surface area contributed by atoms with Gasteiger partial charge in [-0.25, -0.2) is 0 Å². The molecule has 0 aromatic heterocycles. The Bertz CT molecular complexity index is 116. The molecule has 0 aromatic rings. The van der Waals surface area contributed by atoms with Crippen LogP contribution in [0.2, 0.25) is 0 Å². The Morgan fingerprint density at radius 1 is 1.40 bits per heavy atom. The molecule has 2 heteroatoms. The minimum absolute atomic E-state index is 0.0428. The molecule has 0 fully saturated rings. The highest BCUT2D eigenvalue weighted by molar-refractivity contribution is 4.97. The van der Waals surface area contributed by atoms with Crippen LogP contribution in [0.3, 0.4) is 0 Å². The van der Waals surface area contributed by atoms with Gasteiger partial charge in [-0.05, 0) is 12.8 Å². The monoisotopic (exact) mass is 142 g/mol. The maximum atomic E-state index is 5.11. The number of rotatable bonds is 3. The molecule has 0 saturated carbocycles. The average Bonchev–Trinajstić information content (AvgIpc) is 2.43. The van der Waals surface area contributed by atoms with Crippen LogP contribution in [0.1, 0.15) is 12.8 Å². The molecule has 1 atom stereocenters. The van der Waals surface area contributed by atoms with Gasteiger partial charge in [-0.3, -0.25) is 0 Å². The van der Waals surface area contributed by atoms with E-state index in [1.165, 1.54) is 0 Å². The number of ether oxygens (including phenoxy) is 2. The van der Waals surface area contributed by atoms with Gasteiger partial charge >= 0.3 is 0 Å². The summed E-state index contributed by atoms with van der Waals surface area (Å²) in [5, 5.41) is 0. The molecule has 0 heterocycles. The molecule has 0 aliphatic heterocycles. The second-order valence-electron chi connectivity index (χ2n) is 2.51. The zero-order valence-corrected chi connectivity index (χ0v) is 6.54. The van der Waals surface area contributed by atoms with Crippen molar-refractivity contribution in [1.82, 2.24) is 0 Å². The Hall–Kier alpha value is -0.340. The first-order valence-electron chi connectivity index (χ1n) is 3.60. The lowest BCUT2D eigenvalue weighted by atomic mass is 10.1. The van der Waals surface area contributed by atoms with E-state index < -0.39 is 0 Å². The Kier molecular flexibility index (Phi) is 2.90. The second-order valence-corrected chi connectivity index (χ2v) is 2.51. The molecule has 58 valence electrons. The molecule has 1 aliphatic rings. The first-order valence-corrected chi connectivity index (χ1v) is 3.60. The molecular formula is C8H14O2. The van der Waals surface area contributed by atoms with Gasteiger partial charge in [-0.15, -0.1) is 0 Å². The zero-order chi connectivity index (χ0) is 7.40. The minimum Gasteiger partial charge on any atom is -0.355 e. The van der Waals surface area contributed by atoms with Gasteiger partial charge in [0.1, 0.15) is 0 Å². The predicted molar refractivity (Wildman–Crippen MR) is 39.7 cm³/mol. The summed E-state index contributed by atoms with van der Waals surface area (Å²) in [6, 6.07) is 0. The van der Waals surface area contributed by atoms with Crippen LogP contribution in [-0.4, -0.2) is 20.5 Å². The van der Waals surface area contributed by atoms with E-state index in [1.807, 2.05) is 0 Å². The summed E-state index contributed by atoms with van der Waals surface area (Å²) in [6.07, 6.45) is 6.62. The summed E-state index contributed by atoms with van der Waals surface area (Å²) < 4.78 is 10.2. The van der Waals surface area contributed by atoms with Gasteiger partial charge in [-0.2, -0.15) is 0 Å². The molecule has 0 spiro atoms. The van der Waals surface area contributed by atoms with Gasteiger partial charge in [0.15, 0.2) is 6.29 Å². The van der Waals surface area contributed by atoms with Crippen LogP contribution in [-0.2, 0) is 9.47 Å². The summed E-state index contributed by atoms with van der Waals surface area (Å²) in [4.78, 5) is 0. The maximum Gasteiger partial charge on any atom is 0.163 e. The molecule has 0 bridgehead atoms. The van der Waals surface area contributed by atoms with Crippen molar-refractivity contribution in [1.29, 1.82) is 0 Å². The van der Waals surface area contributed by atoms with Crippen LogP contribution in [0.15, 0.2) is 12.2 Å². The van der Waals surface area contributed by atoms with Gasteiger partial charge in [0.05, 0.1) is 0 Å². The Balaban J connectivity index is 2.37. The fourth-order valence-electron chi connectivity index (χ4n) is 1.33. The largest absolute Gasteiger partial charge is 0.355 e. The average molecular weight is 142 g/mol. The van der Waals surface area contributed by atoms with E-state index in [2.05, 4.69) is 12.2 Å². The molecule has 10 heavy (non-hydrogen) atoms. The van der Waals surface area contributed by atoms with Crippen LogP contribution < -0.4 is 0 Å². The first kappa shape index (κ1) is 7.76. The number of hydrogen-bond donors (Lipinski definition) is 0. The van der Waals surface area contributed by atoms with Gasteiger partial charge in [0.25, 0.3) is 0 Å². The Morgan fingerprint density at radius 3 is 2.50 bits per heavy atom. The van der Waals surface area contributed by atoms with Gasteiger partial charge < -0.3 is 9.47 Å². The lowest BCUT2D eigenvalue weighted by molar-refractivity contribution is -0.126. The number of methoxy groups -OCH3 is 2. The van der Waals surface area contributed by atoms with E-state index in [9.17, 15) is 0 Å². The summed E-state index contributed by atoms with van der Waals surface area (Å²) in [5.74, 6) is 0.468. The number of allylic oxidation sites excluding steroid dienone is 1. The highest BCUT2D eigenvalue weighted by Gasteiger charge is 2.19. The molecule has 0 radical (unpaired) electrons. The van der Waals surface area contributed by atoms with Crippen molar-refractivity contribution in [2.75, 3.05) is 14.2 Å². The van der Waals surface area contributed by atoms with Crippen molar-refractivity contribution in [2.24, 2.45) is 5.92 Å². The van der Waals surface area contributed by atoms with E-state index >= 15 is 0 Å². The van der Waals surface area contributed by atoms with Crippen LogP contribution >= 0.6 is 0 Å². The van der Waals surface area contributed by atoms with E-state index in [4.69, 9.17) is 9.47 Å². The summed E-state index contributed by atoms with van der Waals surface area (Å²) >= 11 is 0. The fraction of sp³-hybridized carbons (Fsp3) is 0.750. The maximum absolute atomic E-state index is 5.11. The summed E-state index contributed by atoms with van der Waals surface area (Å²) in [6.45, 7) is 0. The van der Waals surface area contributed by atoms with Crippen LogP contribution in [0.25, 0.3) is 0 Å². The zero-order valence-electron chi connectivity index (χ0n) is 6.54. The second kappa shape index (κ2) is 3.74. The SMILES string of the molecule is COC(OC)C1C=CCC1. The lowest BCUT2D eigenvalue weighted by Crippen LogP contribution is -2.21. The Labute approximate surface area is 61.8 Å². The molecule has 1 unspecified atom stereocenters. The quantitative estimate of drug-likeness (QED) is 0.440. The van der Waals surface area contributed by atoms with E-state index in [-0.39, 0.29) is 6.29 Å². The van der Waals surface area contributed by atoms with Crippen LogP contribution in [0.5, 0.6) is 0 Å². The third kappa shape index (κ3) is 1.58. The van der Waals surface area contributed by atoms with Crippen molar-refractivity contribution >= 4 is 0 Å². The number of hydrogen-bond acceptors (Lipinski definition) is 2. The fourth-order valence-corrected chi connectivity index (χ4v) is 1.33. The van der Waals surface area contributed by atoms with Crippen LogP contribution in [0.4, 0.5) is 0 Å². The first-order chi connectivity index (χ1) is 4.88. The topological polar surface area (TPSA) is 18.5 Å². The molecule has 2 nitrogen and oxygen atoms in total. The summed E-state index contributed by atoms with van der Waals surface area (Å²) in [7, 11) is 3.36. The van der Waals surface area contributed by atoms with Gasteiger partial charge in [0, 0.05) is 20.1 Å². The molecule has 0 aromatic carbocycles. The molecule has 0 saturated heterocycles. The normalized spacial score (nSPS) is 24.5. The van der Waals surface area contributed by atoms with Gasteiger partial charge in [0.2, 0.25) is 0 Å². The van der Waals surface area contributed by atoms with Crippen molar-refractivity contribution < 1.29 is 9.47 Å². The predicted octanol–water partition coefficient (Wildman–Crippen LogP) is 1.57. The minimum atomic E-state index is -0.0428. The third-order valence-corrected chi connectivity index (χ3v) is 1.86. The van der Waals surface area contributed by atoms with Crippen molar-refractivity contribution in [3.8, 4) is 0 Å². The smallest absolute Gasteiger partial charge is 0.163 e. The van der Waals surface area contributed by atoms with Gasteiger partial charge in [-0.1, -0.05) is 12.2 Å². The molecule has 0 N–H and O–H groups in total. The molecule has 1 aliphatic carbocycles. The highest BCUT2D eigenvalue weighted by Crippen LogP contribution is 2.22. The van der Waals surface area contributed by atoms with Crippen molar-refractivity contribution in [2.45, 2.75) is 19.1 Å².